The van der Waals surface area contributed by atoms with E-state index in [1.807, 2.05) is 13.0 Å². The monoisotopic (exact) mass is 296 g/mol. The van der Waals surface area contributed by atoms with Crippen molar-refractivity contribution >= 4 is 28.2 Å². The number of hydrogen-bond acceptors (Lipinski definition) is 4. The summed E-state index contributed by atoms with van der Waals surface area (Å²) in [6.45, 7) is 3.98. The van der Waals surface area contributed by atoms with E-state index in [4.69, 9.17) is 5.11 Å². The minimum atomic E-state index is -0.423. The van der Waals surface area contributed by atoms with Gasteiger partial charge in [0.1, 0.15) is 0 Å². The topological polar surface area (TPSA) is 78.4 Å². The summed E-state index contributed by atoms with van der Waals surface area (Å²) in [4.78, 5) is 24.3. The van der Waals surface area contributed by atoms with Crippen LogP contribution in [0.1, 0.15) is 41.4 Å². The molecule has 0 radical (unpaired) electrons. The Labute approximate surface area is 122 Å². The molecule has 1 aromatic rings. The van der Waals surface area contributed by atoms with Gasteiger partial charge in [0, 0.05) is 12.5 Å². The summed E-state index contributed by atoms with van der Waals surface area (Å²) in [7, 11) is 0. The Morgan fingerprint density at radius 3 is 2.80 bits per heavy atom. The number of carbonyl (C=O) groups is 2. The number of aryl methyl sites for hydroxylation is 1. The van der Waals surface area contributed by atoms with E-state index in [0.29, 0.717) is 17.8 Å². The molecule has 3 N–H and O–H groups in total. The first kappa shape index (κ1) is 15.0. The van der Waals surface area contributed by atoms with E-state index in [-0.39, 0.29) is 17.7 Å². The maximum absolute atomic E-state index is 12.0. The fourth-order valence-electron chi connectivity index (χ4n) is 1.81. The third-order valence-corrected chi connectivity index (χ3v) is 4.32. The van der Waals surface area contributed by atoms with Gasteiger partial charge in [-0.25, -0.2) is 0 Å². The fraction of sp³-hybridized carbons (Fsp3) is 0.571. The predicted molar refractivity (Wildman–Crippen MR) is 79.0 cm³/mol. The van der Waals surface area contributed by atoms with Crippen LogP contribution in [0.4, 0.5) is 5.00 Å². The Balaban J connectivity index is 1.92. The highest BCUT2D eigenvalue weighted by atomic mass is 32.1. The first-order chi connectivity index (χ1) is 9.47. The lowest BCUT2D eigenvalue weighted by Crippen LogP contribution is -2.26. The van der Waals surface area contributed by atoms with Gasteiger partial charge in [-0.1, -0.05) is 0 Å². The zero-order chi connectivity index (χ0) is 14.7. The molecule has 1 aromatic heterocycles. The average Bonchev–Trinajstić information content (AvgIpc) is 3.14. The molecule has 0 saturated heterocycles. The molecule has 110 valence electrons. The molecule has 20 heavy (non-hydrogen) atoms. The maximum atomic E-state index is 12.0. The Hall–Kier alpha value is -1.40. The third kappa shape index (κ3) is 4.05. The van der Waals surface area contributed by atoms with E-state index in [0.717, 1.165) is 23.4 Å². The standard InChI is InChI=1S/C14H20N2O3S/c1-8-7-11(16-13(18)10-3-4-10)20-12(8)14(19)15-6-5-9(2)17/h7,9-10,17H,3-6H2,1-2H3,(H,15,19)(H,16,18). The van der Waals surface area contributed by atoms with E-state index in [2.05, 4.69) is 10.6 Å². The van der Waals surface area contributed by atoms with Crippen LogP contribution in [0.5, 0.6) is 0 Å². The Morgan fingerprint density at radius 2 is 2.20 bits per heavy atom. The summed E-state index contributed by atoms with van der Waals surface area (Å²) >= 11 is 1.29. The molecule has 0 aromatic carbocycles. The molecule has 1 aliphatic carbocycles. The molecular weight excluding hydrogens is 276 g/mol. The van der Waals surface area contributed by atoms with Crippen molar-refractivity contribution in [3.8, 4) is 0 Å². The summed E-state index contributed by atoms with van der Waals surface area (Å²) < 4.78 is 0. The zero-order valence-electron chi connectivity index (χ0n) is 11.7. The molecule has 1 atom stereocenters. The smallest absolute Gasteiger partial charge is 0.261 e. The third-order valence-electron chi connectivity index (χ3n) is 3.17. The van der Waals surface area contributed by atoms with Crippen molar-refractivity contribution in [1.29, 1.82) is 0 Å². The molecule has 5 nitrogen and oxygen atoms in total. The van der Waals surface area contributed by atoms with Gasteiger partial charge in [-0.2, -0.15) is 0 Å². The summed E-state index contributed by atoms with van der Waals surface area (Å²) in [6.07, 6.45) is 2.03. The second kappa shape index (κ2) is 6.37. The lowest BCUT2D eigenvalue weighted by atomic mass is 10.2. The number of aliphatic hydroxyl groups is 1. The number of anilines is 1. The second-order valence-electron chi connectivity index (χ2n) is 5.28. The van der Waals surface area contributed by atoms with Crippen LogP contribution in [0, 0.1) is 12.8 Å². The van der Waals surface area contributed by atoms with Crippen molar-refractivity contribution in [2.24, 2.45) is 5.92 Å². The van der Waals surface area contributed by atoms with E-state index in [1.165, 1.54) is 11.3 Å². The lowest BCUT2D eigenvalue weighted by molar-refractivity contribution is -0.117. The van der Waals surface area contributed by atoms with Gasteiger partial charge in [-0.15, -0.1) is 11.3 Å². The highest BCUT2D eigenvalue weighted by molar-refractivity contribution is 7.18. The lowest BCUT2D eigenvalue weighted by Gasteiger charge is -2.06. The van der Waals surface area contributed by atoms with Crippen molar-refractivity contribution < 1.29 is 14.7 Å². The number of thiophene rings is 1. The minimum absolute atomic E-state index is 0.0484. The molecule has 6 heteroatoms. The average molecular weight is 296 g/mol. The van der Waals surface area contributed by atoms with Gasteiger partial charge >= 0.3 is 0 Å². The summed E-state index contributed by atoms with van der Waals surface area (Å²) in [5, 5.41) is 15.5. The van der Waals surface area contributed by atoms with Crippen molar-refractivity contribution in [1.82, 2.24) is 5.32 Å². The van der Waals surface area contributed by atoms with Crippen LogP contribution >= 0.6 is 11.3 Å². The summed E-state index contributed by atoms with van der Waals surface area (Å²) in [5.41, 5.74) is 0.857. The largest absolute Gasteiger partial charge is 0.393 e. The molecule has 2 rings (SSSR count). The van der Waals surface area contributed by atoms with Crippen LogP contribution < -0.4 is 10.6 Å². The number of amides is 2. The molecule has 0 spiro atoms. The van der Waals surface area contributed by atoms with Gasteiger partial charge in [0.15, 0.2) is 0 Å². The number of aliphatic hydroxyl groups excluding tert-OH is 1. The normalized spacial score (nSPS) is 15.8. The van der Waals surface area contributed by atoms with Crippen LogP contribution in [0.3, 0.4) is 0 Å². The van der Waals surface area contributed by atoms with E-state index >= 15 is 0 Å². The highest BCUT2D eigenvalue weighted by Gasteiger charge is 2.30. The maximum Gasteiger partial charge on any atom is 0.261 e. The predicted octanol–water partition coefficient (Wildman–Crippen LogP) is 1.91. The zero-order valence-corrected chi connectivity index (χ0v) is 12.5. The number of hydrogen-bond donors (Lipinski definition) is 3. The first-order valence-electron chi connectivity index (χ1n) is 6.85. The SMILES string of the molecule is Cc1cc(NC(=O)C2CC2)sc1C(=O)NCCC(C)O. The van der Waals surface area contributed by atoms with E-state index in [9.17, 15) is 9.59 Å². The summed E-state index contributed by atoms with van der Waals surface area (Å²) in [6, 6.07) is 1.83. The van der Waals surface area contributed by atoms with Crippen molar-refractivity contribution in [3.63, 3.8) is 0 Å². The quantitative estimate of drug-likeness (QED) is 0.750. The number of nitrogens with one attached hydrogen (secondary N) is 2. The van der Waals surface area contributed by atoms with Crippen LogP contribution in [0.15, 0.2) is 6.07 Å². The van der Waals surface area contributed by atoms with Gasteiger partial charge in [0.2, 0.25) is 5.91 Å². The second-order valence-corrected chi connectivity index (χ2v) is 6.33. The van der Waals surface area contributed by atoms with Gasteiger partial charge in [0.25, 0.3) is 5.91 Å². The van der Waals surface area contributed by atoms with Gasteiger partial charge < -0.3 is 15.7 Å². The Kier molecular flexibility index (Phi) is 4.77. The molecule has 0 bridgehead atoms. The van der Waals surface area contributed by atoms with Crippen molar-refractivity contribution in [3.05, 3.63) is 16.5 Å². The summed E-state index contributed by atoms with van der Waals surface area (Å²) in [5.74, 6) is 0.0492. The first-order valence-corrected chi connectivity index (χ1v) is 7.66. The number of rotatable bonds is 6. The Bertz CT molecular complexity index is 507. The van der Waals surface area contributed by atoms with Crippen molar-refractivity contribution in [2.75, 3.05) is 11.9 Å². The van der Waals surface area contributed by atoms with Gasteiger partial charge in [0.05, 0.1) is 16.0 Å². The van der Waals surface area contributed by atoms with Gasteiger partial charge in [-0.05, 0) is 44.7 Å². The fourth-order valence-corrected chi connectivity index (χ4v) is 2.81. The van der Waals surface area contributed by atoms with E-state index < -0.39 is 6.10 Å². The van der Waals surface area contributed by atoms with Crippen molar-refractivity contribution in [2.45, 2.75) is 39.2 Å². The van der Waals surface area contributed by atoms with Gasteiger partial charge in [-0.3, -0.25) is 9.59 Å². The van der Waals surface area contributed by atoms with Crippen LogP contribution in [-0.4, -0.2) is 29.6 Å². The molecule has 2 amide bonds. The molecule has 1 fully saturated rings. The Morgan fingerprint density at radius 1 is 1.50 bits per heavy atom. The van der Waals surface area contributed by atoms with Crippen LogP contribution in [0.25, 0.3) is 0 Å². The number of carbonyl (C=O) groups excluding carboxylic acids is 2. The minimum Gasteiger partial charge on any atom is -0.393 e. The molecule has 1 aliphatic rings. The highest BCUT2D eigenvalue weighted by Crippen LogP contribution is 2.32. The molecule has 1 unspecified atom stereocenters. The van der Waals surface area contributed by atoms with Crippen LogP contribution in [-0.2, 0) is 4.79 Å². The van der Waals surface area contributed by atoms with Crippen LogP contribution in [0.2, 0.25) is 0 Å². The molecule has 1 heterocycles. The molecule has 1 saturated carbocycles. The molecule has 0 aliphatic heterocycles. The van der Waals surface area contributed by atoms with E-state index in [1.54, 1.807) is 6.92 Å². The molecular formula is C14H20N2O3S.